The fourth-order valence-electron chi connectivity index (χ4n) is 2.84. The maximum absolute atomic E-state index is 5.97. The van der Waals surface area contributed by atoms with Gasteiger partial charge in [-0.3, -0.25) is 4.90 Å². The van der Waals surface area contributed by atoms with Crippen LogP contribution in [0.15, 0.2) is 29.3 Å². The van der Waals surface area contributed by atoms with Gasteiger partial charge in [-0.25, -0.2) is 4.99 Å². The average molecular weight is 377 g/mol. The number of rotatable bonds is 10. The third-order valence-electron chi connectivity index (χ3n) is 4.50. The first kappa shape index (κ1) is 21.5. The summed E-state index contributed by atoms with van der Waals surface area (Å²) in [6.07, 6.45) is 1.06. The molecule has 2 rings (SSSR count). The van der Waals surface area contributed by atoms with E-state index < -0.39 is 0 Å². The van der Waals surface area contributed by atoms with E-state index in [4.69, 9.17) is 14.5 Å². The maximum atomic E-state index is 5.97. The lowest BCUT2D eigenvalue weighted by atomic mass is 10.1. The summed E-state index contributed by atoms with van der Waals surface area (Å²) in [5.74, 6) is 2.43. The van der Waals surface area contributed by atoms with Crippen LogP contribution in [-0.2, 0) is 11.3 Å². The van der Waals surface area contributed by atoms with Crippen LogP contribution in [0.1, 0.15) is 32.8 Å². The van der Waals surface area contributed by atoms with Crippen molar-refractivity contribution in [3.05, 3.63) is 29.8 Å². The molecule has 1 saturated heterocycles. The third kappa shape index (κ3) is 8.63. The highest BCUT2D eigenvalue weighted by atomic mass is 16.5. The second-order valence-electron chi connectivity index (χ2n) is 7.21. The van der Waals surface area contributed by atoms with Crippen molar-refractivity contribution in [2.45, 2.75) is 33.7 Å². The summed E-state index contributed by atoms with van der Waals surface area (Å²) in [7, 11) is 0. The molecule has 152 valence electrons. The number of aliphatic imine (C=N–C) groups is 1. The van der Waals surface area contributed by atoms with Crippen molar-refractivity contribution >= 4 is 5.96 Å². The van der Waals surface area contributed by atoms with Crippen LogP contribution in [0.4, 0.5) is 0 Å². The first-order valence-corrected chi connectivity index (χ1v) is 10.2. The van der Waals surface area contributed by atoms with E-state index in [2.05, 4.69) is 42.4 Å². The number of nitrogens with one attached hydrogen (secondary N) is 2. The van der Waals surface area contributed by atoms with Crippen molar-refractivity contribution in [2.24, 2.45) is 10.9 Å². The number of ether oxygens (including phenoxy) is 2. The molecule has 0 atom stereocenters. The average Bonchev–Trinajstić information content (AvgIpc) is 2.67. The zero-order chi connectivity index (χ0) is 19.3. The Morgan fingerprint density at radius 3 is 2.74 bits per heavy atom. The minimum absolute atomic E-state index is 0.602. The second kappa shape index (κ2) is 12.6. The van der Waals surface area contributed by atoms with Gasteiger partial charge in [0.05, 0.1) is 26.4 Å². The van der Waals surface area contributed by atoms with Gasteiger partial charge in [-0.1, -0.05) is 32.0 Å². The molecular formula is C21H36N4O2. The van der Waals surface area contributed by atoms with Gasteiger partial charge in [-0.15, -0.1) is 0 Å². The summed E-state index contributed by atoms with van der Waals surface area (Å²) in [6.45, 7) is 14.3. The van der Waals surface area contributed by atoms with E-state index in [0.717, 1.165) is 76.2 Å². The Hall–Kier alpha value is -1.79. The molecule has 0 spiro atoms. The molecule has 1 aliphatic rings. The number of para-hydroxylation sites is 1. The fraction of sp³-hybridized carbons (Fsp3) is 0.667. The van der Waals surface area contributed by atoms with Crippen LogP contribution in [0.25, 0.3) is 0 Å². The minimum Gasteiger partial charge on any atom is -0.493 e. The molecule has 2 N–H and O–H groups in total. The van der Waals surface area contributed by atoms with Gasteiger partial charge < -0.3 is 20.1 Å². The monoisotopic (exact) mass is 376 g/mol. The highest BCUT2D eigenvalue weighted by Crippen LogP contribution is 2.19. The molecule has 0 saturated carbocycles. The van der Waals surface area contributed by atoms with Crippen LogP contribution >= 0.6 is 0 Å². The Kier molecular flexibility index (Phi) is 10.0. The van der Waals surface area contributed by atoms with E-state index in [-0.39, 0.29) is 0 Å². The molecular weight excluding hydrogens is 340 g/mol. The fourth-order valence-corrected chi connectivity index (χ4v) is 2.84. The minimum atomic E-state index is 0.602. The number of morpholine rings is 1. The van der Waals surface area contributed by atoms with Crippen LogP contribution in [0.2, 0.25) is 0 Å². The van der Waals surface area contributed by atoms with Crippen LogP contribution in [0.5, 0.6) is 5.75 Å². The van der Waals surface area contributed by atoms with Crippen LogP contribution in [0, 0.1) is 5.92 Å². The molecule has 27 heavy (non-hydrogen) atoms. The van der Waals surface area contributed by atoms with Crippen molar-refractivity contribution in [1.82, 2.24) is 15.5 Å². The van der Waals surface area contributed by atoms with E-state index in [9.17, 15) is 0 Å². The van der Waals surface area contributed by atoms with Gasteiger partial charge in [-0.05, 0) is 25.3 Å². The zero-order valence-corrected chi connectivity index (χ0v) is 17.2. The first-order valence-electron chi connectivity index (χ1n) is 10.2. The summed E-state index contributed by atoms with van der Waals surface area (Å²) in [4.78, 5) is 7.16. The van der Waals surface area contributed by atoms with E-state index in [1.807, 2.05) is 18.2 Å². The summed E-state index contributed by atoms with van der Waals surface area (Å²) in [5.41, 5.74) is 1.12. The van der Waals surface area contributed by atoms with Gasteiger partial charge in [0.15, 0.2) is 5.96 Å². The molecule has 0 amide bonds. The largest absolute Gasteiger partial charge is 0.493 e. The van der Waals surface area contributed by atoms with Gasteiger partial charge >= 0.3 is 0 Å². The molecule has 1 heterocycles. The lowest BCUT2D eigenvalue weighted by molar-refractivity contribution is 0.0389. The predicted molar refractivity (Wildman–Crippen MR) is 111 cm³/mol. The Balaban J connectivity index is 1.85. The summed E-state index contributed by atoms with van der Waals surface area (Å²) >= 11 is 0. The number of benzene rings is 1. The lowest BCUT2D eigenvalue weighted by Gasteiger charge is -2.26. The lowest BCUT2D eigenvalue weighted by Crippen LogP contribution is -2.44. The first-order chi connectivity index (χ1) is 13.2. The summed E-state index contributed by atoms with van der Waals surface area (Å²) in [6, 6.07) is 8.18. The number of hydrogen-bond acceptors (Lipinski definition) is 4. The van der Waals surface area contributed by atoms with Crippen LogP contribution < -0.4 is 15.4 Å². The maximum Gasteiger partial charge on any atom is 0.191 e. The SMILES string of the molecule is CCNC(=NCc1ccccc1OCCC(C)C)NCCN1CCOCC1. The number of hydrogen-bond donors (Lipinski definition) is 2. The van der Waals surface area contributed by atoms with Crippen molar-refractivity contribution in [3.8, 4) is 5.75 Å². The summed E-state index contributed by atoms with van der Waals surface area (Å²) < 4.78 is 11.4. The molecule has 0 aliphatic carbocycles. The molecule has 6 nitrogen and oxygen atoms in total. The van der Waals surface area contributed by atoms with E-state index in [0.29, 0.717) is 12.5 Å². The highest BCUT2D eigenvalue weighted by molar-refractivity contribution is 5.79. The smallest absolute Gasteiger partial charge is 0.191 e. The molecule has 0 bridgehead atoms. The van der Waals surface area contributed by atoms with Gasteiger partial charge in [0.25, 0.3) is 0 Å². The molecule has 1 aromatic rings. The van der Waals surface area contributed by atoms with Gasteiger partial charge in [0.1, 0.15) is 5.75 Å². The Morgan fingerprint density at radius 2 is 2.00 bits per heavy atom. The number of nitrogens with zero attached hydrogens (tertiary/aromatic N) is 2. The molecule has 1 aliphatic heterocycles. The van der Waals surface area contributed by atoms with Crippen molar-refractivity contribution in [3.63, 3.8) is 0 Å². The standard InChI is InChI=1S/C21H36N4O2/c1-4-22-21(23-10-11-25-12-15-26-16-13-25)24-17-19-7-5-6-8-20(19)27-14-9-18(2)3/h5-8,18H,4,9-17H2,1-3H3,(H2,22,23,24). The van der Waals surface area contributed by atoms with E-state index in [1.54, 1.807) is 0 Å². The molecule has 6 heteroatoms. The number of guanidine groups is 1. The highest BCUT2D eigenvalue weighted by Gasteiger charge is 2.10. The molecule has 1 fully saturated rings. The molecule has 1 aromatic carbocycles. The Labute approximate surface area is 164 Å². The predicted octanol–water partition coefficient (Wildman–Crippen LogP) is 2.50. The van der Waals surface area contributed by atoms with Crippen molar-refractivity contribution < 1.29 is 9.47 Å². The van der Waals surface area contributed by atoms with Gasteiger partial charge in [0.2, 0.25) is 0 Å². The van der Waals surface area contributed by atoms with Gasteiger partial charge in [-0.2, -0.15) is 0 Å². The third-order valence-corrected chi connectivity index (χ3v) is 4.50. The zero-order valence-electron chi connectivity index (χ0n) is 17.2. The normalized spacial score (nSPS) is 15.8. The second-order valence-corrected chi connectivity index (χ2v) is 7.21. The molecule has 0 aromatic heterocycles. The van der Waals surface area contributed by atoms with Crippen LogP contribution in [0.3, 0.4) is 0 Å². The summed E-state index contributed by atoms with van der Waals surface area (Å²) in [5, 5.41) is 6.75. The topological polar surface area (TPSA) is 58.1 Å². The van der Waals surface area contributed by atoms with Crippen molar-refractivity contribution in [1.29, 1.82) is 0 Å². The quantitative estimate of drug-likeness (QED) is 0.485. The van der Waals surface area contributed by atoms with Crippen molar-refractivity contribution in [2.75, 3.05) is 52.5 Å². The molecule has 0 radical (unpaired) electrons. The Morgan fingerprint density at radius 1 is 1.22 bits per heavy atom. The molecule has 0 unspecified atom stereocenters. The van der Waals surface area contributed by atoms with E-state index in [1.165, 1.54) is 0 Å². The van der Waals surface area contributed by atoms with Gasteiger partial charge in [0, 0.05) is 38.3 Å². The Bertz CT molecular complexity index is 557. The van der Waals surface area contributed by atoms with E-state index >= 15 is 0 Å². The van der Waals surface area contributed by atoms with Crippen LogP contribution in [-0.4, -0.2) is 63.4 Å².